The zero-order valence-corrected chi connectivity index (χ0v) is 37.4. The summed E-state index contributed by atoms with van der Waals surface area (Å²) in [7, 11) is 0. The van der Waals surface area contributed by atoms with Gasteiger partial charge in [0.2, 0.25) is 0 Å². The highest BCUT2D eigenvalue weighted by Gasteiger charge is 2.42. The first-order valence-corrected chi connectivity index (χ1v) is 21.9. The Kier molecular flexibility index (Phi) is 13.8. The van der Waals surface area contributed by atoms with Gasteiger partial charge in [-0.25, -0.2) is 15.0 Å². The maximum absolute atomic E-state index is 13.3. The van der Waals surface area contributed by atoms with Crippen LogP contribution in [0, 0.1) is 17.8 Å². The highest BCUT2D eigenvalue weighted by atomic mass is 16.5. The van der Waals surface area contributed by atoms with Crippen molar-refractivity contribution in [3.05, 3.63) is 126 Å². The topological polar surface area (TPSA) is 116 Å². The van der Waals surface area contributed by atoms with Gasteiger partial charge in [-0.1, -0.05) is 56.6 Å². The van der Waals surface area contributed by atoms with Gasteiger partial charge in [-0.15, -0.1) is 0 Å². The first-order valence-electron chi connectivity index (χ1n) is 21.9. The Labute approximate surface area is 352 Å². The molecule has 314 valence electrons. The van der Waals surface area contributed by atoms with E-state index >= 15 is 0 Å². The number of fused-ring (bicyclic) bond motifs is 5. The quantitative estimate of drug-likeness (QED) is 0.113. The van der Waals surface area contributed by atoms with Crippen LogP contribution in [0.5, 0.6) is 0 Å². The second-order valence-corrected chi connectivity index (χ2v) is 17.8. The van der Waals surface area contributed by atoms with Crippen LogP contribution in [0.3, 0.4) is 0 Å². The van der Waals surface area contributed by atoms with Crippen molar-refractivity contribution in [1.82, 2.24) is 5.32 Å². The number of carbonyl (C=O) groups excluding carboxylic acids is 1. The van der Waals surface area contributed by atoms with E-state index in [2.05, 4.69) is 91.9 Å². The number of carbonyl (C=O) groups is 1. The van der Waals surface area contributed by atoms with Crippen LogP contribution < -0.4 is 5.32 Å². The van der Waals surface area contributed by atoms with Crippen molar-refractivity contribution in [1.29, 1.82) is 0 Å². The number of aliphatic hydroxyl groups excluding tert-OH is 2. The van der Waals surface area contributed by atoms with Gasteiger partial charge in [0, 0.05) is 52.8 Å². The highest BCUT2D eigenvalue weighted by Crippen LogP contribution is 2.47. The van der Waals surface area contributed by atoms with E-state index in [-0.39, 0.29) is 30.8 Å². The normalized spacial score (nSPS) is 22.3. The van der Waals surface area contributed by atoms with Crippen molar-refractivity contribution in [3.8, 4) is 0 Å². The van der Waals surface area contributed by atoms with Crippen molar-refractivity contribution in [3.63, 3.8) is 0 Å². The minimum atomic E-state index is -0.721. The Morgan fingerprint density at radius 2 is 1.58 bits per heavy atom. The third kappa shape index (κ3) is 9.64. The van der Waals surface area contributed by atoms with Crippen molar-refractivity contribution >= 4 is 23.1 Å². The molecule has 1 saturated heterocycles. The molecule has 0 aromatic carbocycles. The van der Waals surface area contributed by atoms with Gasteiger partial charge in [0.05, 0.1) is 40.3 Å². The summed E-state index contributed by atoms with van der Waals surface area (Å²) < 4.78 is 5.76. The highest BCUT2D eigenvalue weighted by molar-refractivity contribution is 6.21. The van der Waals surface area contributed by atoms with E-state index in [1.54, 1.807) is 6.92 Å². The molecule has 59 heavy (non-hydrogen) atoms. The number of aliphatic hydroxyl groups is 2. The zero-order chi connectivity index (χ0) is 42.7. The van der Waals surface area contributed by atoms with Crippen molar-refractivity contribution in [2.75, 3.05) is 6.61 Å². The fraction of sp³-hybridized carbons (Fsp3) is 0.490. The van der Waals surface area contributed by atoms with Gasteiger partial charge in [-0.2, -0.15) is 0 Å². The fourth-order valence-electron chi connectivity index (χ4n) is 9.08. The second-order valence-electron chi connectivity index (χ2n) is 17.8. The van der Waals surface area contributed by atoms with E-state index in [1.807, 2.05) is 19.1 Å². The number of esters is 1. The van der Waals surface area contributed by atoms with Crippen LogP contribution in [0.1, 0.15) is 134 Å². The van der Waals surface area contributed by atoms with Crippen molar-refractivity contribution < 1.29 is 19.7 Å². The summed E-state index contributed by atoms with van der Waals surface area (Å²) in [6.07, 6.45) is 19.0. The molecule has 5 aliphatic heterocycles. The van der Waals surface area contributed by atoms with Crippen LogP contribution in [-0.4, -0.2) is 46.0 Å². The SMILES string of the molecule is CCC1=C2C=C3N=C(C=C4N=C(C=C5NC(=C6CC(O)=C1C6=N2)[C@@H](CCC(=O)OCC=C(C)CCC=C(C)CCC=C(C)C)[C@@H]5C)C(C)=C4[C@@H](C)O)C(C)=C3CC(C)C. The molecule has 0 saturated carbocycles. The number of aliphatic imine (C=N–C) groups is 3. The monoisotopic (exact) mass is 799 g/mol. The van der Waals surface area contributed by atoms with Crippen LogP contribution in [0.4, 0.5) is 0 Å². The van der Waals surface area contributed by atoms with E-state index in [0.717, 1.165) is 111 Å². The predicted molar refractivity (Wildman–Crippen MR) is 243 cm³/mol. The molecule has 0 spiro atoms. The molecule has 0 radical (unpaired) electrons. The summed E-state index contributed by atoms with van der Waals surface area (Å²) in [4.78, 5) is 28.9. The van der Waals surface area contributed by atoms with Gasteiger partial charge in [0.25, 0.3) is 0 Å². The fourth-order valence-corrected chi connectivity index (χ4v) is 9.08. The molecule has 5 heterocycles. The molecule has 6 rings (SSSR count). The van der Waals surface area contributed by atoms with E-state index in [0.29, 0.717) is 30.9 Å². The molecular formula is C51H66N4O4. The summed E-state index contributed by atoms with van der Waals surface area (Å²) in [5.74, 6) is 0.485. The molecule has 8 nitrogen and oxygen atoms in total. The van der Waals surface area contributed by atoms with E-state index in [4.69, 9.17) is 19.7 Å². The lowest BCUT2D eigenvalue weighted by Gasteiger charge is -2.17. The standard InChI is InChI=1S/C51H66N4O4/c1-12-36-43-27-44-38(23-29(4)5)33(9)40(52-44)26-45-48(35(11)56)34(10)42(53-45)25-41-32(8)37(50(54-41)39-24-46(57)49(36)51(39)55-43)19-20-47(58)59-22-21-31(7)18-14-17-30(6)16-13-15-28(2)3/h15,17,21,25-27,29,32,35,37,54,56-57H,12-14,16,18-20,22-24H2,1-11H3/t32-,35+,37-/m0/s1. The molecule has 3 N–H and O–H groups in total. The third-order valence-electron chi connectivity index (χ3n) is 12.4. The zero-order valence-electron chi connectivity index (χ0n) is 37.4. The Hall–Kier alpha value is -4.82. The summed E-state index contributed by atoms with van der Waals surface area (Å²) in [5.41, 5.74) is 17.6. The molecule has 1 fully saturated rings. The summed E-state index contributed by atoms with van der Waals surface area (Å²) in [6, 6.07) is 0. The Balaban J connectivity index is 1.30. The molecule has 1 aliphatic carbocycles. The molecule has 0 unspecified atom stereocenters. The first kappa shape index (κ1) is 43.8. The smallest absolute Gasteiger partial charge is 0.306 e. The number of nitrogens with one attached hydrogen (secondary N) is 1. The Morgan fingerprint density at radius 3 is 2.25 bits per heavy atom. The number of nitrogens with zero attached hydrogens (tertiary/aromatic N) is 3. The number of hydrogen-bond acceptors (Lipinski definition) is 8. The first-order chi connectivity index (χ1) is 28.1. The maximum Gasteiger partial charge on any atom is 0.306 e. The van der Waals surface area contributed by atoms with Gasteiger partial charge < -0.3 is 20.3 Å². The Bertz CT molecular complexity index is 2230. The average molecular weight is 799 g/mol. The molecule has 3 atom stereocenters. The number of hydrogen-bond donors (Lipinski definition) is 3. The van der Waals surface area contributed by atoms with Gasteiger partial charge in [0.1, 0.15) is 12.4 Å². The van der Waals surface area contributed by atoms with Crippen LogP contribution in [0.25, 0.3) is 0 Å². The molecule has 8 bridgehead atoms. The van der Waals surface area contributed by atoms with Gasteiger partial charge >= 0.3 is 5.97 Å². The van der Waals surface area contributed by atoms with Crippen molar-refractivity contribution in [2.45, 2.75) is 140 Å². The predicted octanol–water partition coefficient (Wildman–Crippen LogP) is 11.8. The van der Waals surface area contributed by atoms with Crippen LogP contribution in [-0.2, 0) is 9.53 Å². The minimum Gasteiger partial charge on any atom is -0.511 e. The van der Waals surface area contributed by atoms with Gasteiger partial charge in [-0.05, 0) is 146 Å². The number of rotatable bonds is 15. The lowest BCUT2D eigenvalue weighted by Crippen LogP contribution is -2.16. The van der Waals surface area contributed by atoms with Crippen LogP contribution in [0.2, 0.25) is 0 Å². The Morgan fingerprint density at radius 1 is 0.898 bits per heavy atom. The van der Waals surface area contributed by atoms with Gasteiger partial charge in [-0.3, -0.25) is 4.79 Å². The minimum absolute atomic E-state index is 0.0118. The van der Waals surface area contributed by atoms with Crippen LogP contribution >= 0.6 is 0 Å². The van der Waals surface area contributed by atoms with E-state index < -0.39 is 6.10 Å². The number of ether oxygens (including phenoxy) is 1. The second kappa shape index (κ2) is 18.6. The lowest BCUT2D eigenvalue weighted by atomic mass is 9.86. The molecule has 8 heteroatoms. The largest absolute Gasteiger partial charge is 0.511 e. The molecule has 6 aliphatic rings. The van der Waals surface area contributed by atoms with Crippen molar-refractivity contribution in [2.24, 2.45) is 32.7 Å². The summed E-state index contributed by atoms with van der Waals surface area (Å²) in [5, 5.41) is 26.5. The third-order valence-corrected chi connectivity index (χ3v) is 12.4. The van der Waals surface area contributed by atoms with E-state index in [1.165, 1.54) is 22.3 Å². The van der Waals surface area contributed by atoms with Gasteiger partial charge in [0.15, 0.2) is 0 Å². The molecule has 0 aromatic rings. The molecular weight excluding hydrogens is 733 g/mol. The maximum atomic E-state index is 13.3. The summed E-state index contributed by atoms with van der Waals surface area (Å²) >= 11 is 0. The number of allylic oxidation sites excluding steroid dienone is 16. The molecule has 0 amide bonds. The summed E-state index contributed by atoms with van der Waals surface area (Å²) in [6.45, 7) is 23.5. The van der Waals surface area contributed by atoms with Crippen LogP contribution in [0.15, 0.2) is 141 Å². The average Bonchev–Trinajstić information content (AvgIpc) is 3.93. The molecule has 0 aromatic heterocycles. The van der Waals surface area contributed by atoms with E-state index in [9.17, 15) is 15.0 Å². The lowest BCUT2D eigenvalue weighted by molar-refractivity contribution is -0.142.